The summed E-state index contributed by atoms with van der Waals surface area (Å²) in [6, 6.07) is 66.2. The minimum absolute atomic E-state index is 1.16. The first kappa shape index (κ1) is 26.8. The monoisotopic (exact) mass is 610 g/mol. The lowest BCUT2D eigenvalue weighted by Gasteiger charge is -2.12. The smallest absolute Gasteiger partial charge is 0.0548 e. The van der Waals surface area contributed by atoms with Gasteiger partial charge in [-0.05, 0) is 87.6 Å². The maximum atomic E-state index is 2.44. The van der Waals surface area contributed by atoms with E-state index < -0.39 is 0 Å². The topological polar surface area (TPSA) is 9.86 Å². The van der Waals surface area contributed by atoms with Crippen LogP contribution in [0.3, 0.4) is 0 Å². The molecule has 0 spiro atoms. The third kappa shape index (κ3) is 4.06. The summed E-state index contributed by atoms with van der Waals surface area (Å²) in [6.45, 7) is 0. The Morgan fingerprint density at radius 3 is 1.50 bits per heavy atom. The predicted molar refractivity (Wildman–Crippen MR) is 203 cm³/mol. The number of hydrogen-bond acceptors (Lipinski definition) is 0. The Hall–Kier alpha value is -6.38. The van der Waals surface area contributed by atoms with Crippen molar-refractivity contribution in [1.29, 1.82) is 0 Å². The highest BCUT2D eigenvalue weighted by molar-refractivity contribution is 6.28. The van der Waals surface area contributed by atoms with E-state index in [2.05, 4.69) is 191 Å². The normalized spacial score (nSPS) is 11.8. The Labute approximate surface area is 278 Å². The first-order valence-electron chi connectivity index (χ1n) is 16.5. The van der Waals surface area contributed by atoms with Crippen LogP contribution in [0.5, 0.6) is 0 Å². The van der Waals surface area contributed by atoms with Gasteiger partial charge in [-0.1, -0.05) is 127 Å². The van der Waals surface area contributed by atoms with Crippen LogP contribution in [0, 0.1) is 0 Å². The van der Waals surface area contributed by atoms with Gasteiger partial charge in [-0.2, -0.15) is 0 Å². The molecule has 2 heterocycles. The maximum Gasteiger partial charge on any atom is 0.0548 e. The largest absolute Gasteiger partial charge is 0.309 e. The number of hydrogen-bond donors (Lipinski definition) is 0. The summed E-state index contributed by atoms with van der Waals surface area (Å²) in [6.07, 6.45) is 0. The van der Waals surface area contributed by atoms with E-state index >= 15 is 0 Å². The molecule has 0 aliphatic rings. The Kier molecular flexibility index (Phi) is 5.91. The molecule has 8 aromatic carbocycles. The molecule has 10 aromatic rings. The van der Waals surface area contributed by atoms with Gasteiger partial charge in [0.15, 0.2) is 0 Å². The fourth-order valence-electron chi connectivity index (χ4n) is 7.70. The van der Waals surface area contributed by atoms with Gasteiger partial charge in [0.05, 0.1) is 22.1 Å². The summed E-state index contributed by atoms with van der Waals surface area (Å²) >= 11 is 0. The van der Waals surface area contributed by atoms with E-state index in [0.717, 1.165) is 11.4 Å². The second-order valence-corrected chi connectivity index (χ2v) is 12.6. The lowest BCUT2D eigenvalue weighted by Crippen LogP contribution is -1.95. The third-order valence-electron chi connectivity index (χ3n) is 9.89. The van der Waals surface area contributed by atoms with Crippen LogP contribution in [-0.2, 0) is 0 Å². The van der Waals surface area contributed by atoms with Crippen LogP contribution in [0.1, 0.15) is 0 Å². The minimum atomic E-state index is 1.16. The number of aromatic nitrogens is 2. The molecule has 0 aliphatic heterocycles. The molecule has 48 heavy (non-hydrogen) atoms. The van der Waals surface area contributed by atoms with E-state index in [1.165, 1.54) is 76.6 Å². The van der Waals surface area contributed by atoms with Crippen LogP contribution < -0.4 is 0 Å². The summed E-state index contributed by atoms with van der Waals surface area (Å²) in [5.74, 6) is 0. The summed E-state index contributed by atoms with van der Waals surface area (Å²) in [5, 5.41) is 7.61. The van der Waals surface area contributed by atoms with E-state index in [9.17, 15) is 0 Å². The molecule has 0 unspecified atom stereocenters. The molecule has 0 atom stereocenters. The van der Waals surface area contributed by atoms with Gasteiger partial charge in [0.1, 0.15) is 0 Å². The second kappa shape index (κ2) is 10.6. The predicted octanol–water partition coefficient (Wildman–Crippen LogP) is 12.4. The van der Waals surface area contributed by atoms with Crippen LogP contribution in [0.25, 0.3) is 88.0 Å². The number of nitrogens with zero attached hydrogens (tertiary/aromatic N) is 2. The number of rotatable bonds is 4. The number of benzene rings is 8. The molecule has 0 amide bonds. The van der Waals surface area contributed by atoms with Crippen molar-refractivity contribution in [2.24, 2.45) is 0 Å². The van der Waals surface area contributed by atoms with Crippen molar-refractivity contribution in [3.05, 3.63) is 182 Å². The first-order chi connectivity index (χ1) is 23.8. The minimum Gasteiger partial charge on any atom is -0.309 e. The molecule has 224 valence electrons. The van der Waals surface area contributed by atoms with Crippen molar-refractivity contribution in [2.75, 3.05) is 0 Å². The van der Waals surface area contributed by atoms with Crippen molar-refractivity contribution >= 4 is 54.4 Å². The molecule has 0 saturated heterocycles. The van der Waals surface area contributed by atoms with E-state index in [4.69, 9.17) is 0 Å². The summed E-state index contributed by atoms with van der Waals surface area (Å²) in [4.78, 5) is 0. The molecule has 0 N–H and O–H groups in total. The maximum absolute atomic E-state index is 2.44. The molecule has 2 nitrogen and oxygen atoms in total. The Bertz CT molecular complexity index is 2820. The summed E-state index contributed by atoms with van der Waals surface area (Å²) < 4.78 is 4.86. The van der Waals surface area contributed by atoms with Crippen molar-refractivity contribution in [3.63, 3.8) is 0 Å². The zero-order chi connectivity index (χ0) is 31.6. The Morgan fingerprint density at radius 1 is 0.271 bits per heavy atom. The lowest BCUT2D eigenvalue weighted by molar-refractivity contribution is 1.17. The third-order valence-corrected chi connectivity index (χ3v) is 9.89. The SMILES string of the molecule is c1ccc(-c2ccc(-n3c4ccccc4c4c5c6ccccc6n(-c6cccc(-c7ccc8ccccc8c7)c6)c5ccc43)cc2)cc1. The molecule has 2 heteroatoms. The first-order valence-corrected chi connectivity index (χ1v) is 16.5. The van der Waals surface area contributed by atoms with Crippen molar-refractivity contribution in [2.45, 2.75) is 0 Å². The molecule has 0 saturated carbocycles. The average molecular weight is 611 g/mol. The Morgan fingerprint density at radius 2 is 0.792 bits per heavy atom. The Balaban J connectivity index is 1.21. The molecule has 0 radical (unpaired) electrons. The number of fused-ring (bicyclic) bond motifs is 8. The van der Waals surface area contributed by atoms with Crippen LogP contribution in [0.4, 0.5) is 0 Å². The molecule has 10 rings (SSSR count). The van der Waals surface area contributed by atoms with Gasteiger partial charge in [0.25, 0.3) is 0 Å². The molecule has 0 fully saturated rings. The standard InChI is InChI=1S/C46H30N2/c1-2-11-31(12-3-1)33-23-25-37(26-24-33)47-41-19-8-6-17-39(41)45-43(47)27-28-44-46(45)40-18-7-9-20-42(40)48(44)38-16-10-15-35(30-38)36-22-21-32-13-4-5-14-34(32)29-36/h1-30H. The second-order valence-electron chi connectivity index (χ2n) is 12.6. The van der Waals surface area contributed by atoms with E-state index in [-0.39, 0.29) is 0 Å². The van der Waals surface area contributed by atoms with Crippen molar-refractivity contribution in [3.8, 4) is 33.6 Å². The lowest BCUT2D eigenvalue weighted by atomic mass is 10.0. The van der Waals surface area contributed by atoms with Gasteiger partial charge in [0.2, 0.25) is 0 Å². The number of para-hydroxylation sites is 2. The van der Waals surface area contributed by atoms with Crippen molar-refractivity contribution < 1.29 is 0 Å². The highest BCUT2D eigenvalue weighted by Crippen LogP contribution is 2.42. The molecule has 0 bridgehead atoms. The van der Waals surface area contributed by atoms with Gasteiger partial charge < -0.3 is 9.13 Å². The zero-order valence-corrected chi connectivity index (χ0v) is 26.2. The highest BCUT2D eigenvalue weighted by atomic mass is 15.0. The van der Waals surface area contributed by atoms with Gasteiger partial charge in [-0.15, -0.1) is 0 Å². The quantitative estimate of drug-likeness (QED) is 0.188. The summed E-state index contributed by atoms with van der Waals surface area (Å²) in [5.41, 5.74) is 12.0. The van der Waals surface area contributed by atoms with Crippen LogP contribution in [0.2, 0.25) is 0 Å². The van der Waals surface area contributed by atoms with Crippen LogP contribution in [-0.4, -0.2) is 9.13 Å². The highest BCUT2D eigenvalue weighted by Gasteiger charge is 2.20. The fraction of sp³-hybridized carbons (Fsp3) is 0. The van der Waals surface area contributed by atoms with Gasteiger partial charge in [-0.25, -0.2) is 0 Å². The van der Waals surface area contributed by atoms with Gasteiger partial charge >= 0.3 is 0 Å². The fourth-order valence-corrected chi connectivity index (χ4v) is 7.70. The molecule has 2 aromatic heterocycles. The molecular formula is C46H30N2. The molecular weight excluding hydrogens is 581 g/mol. The van der Waals surface area contributed by atoms with E-state index in [0.29, 0.717) is 0 Å². The zero-order valence-electron chi connectivity index (χ0n) is 26.2. The molecule has 0 aliphatic carbocycles. The van der Waals surface area contributed by atoms with Gasteiger partial charge in [0, 0.05) is 32.9 Å². The van der Waals surface area contributed by atoms with Crippen LogP contribution in [0.15, 0.2) is 182 Å². The van der Waals surface area contributed by atoms with Crippen LogP contribution >= 0.6 is 0 Å². The van der Waals surface area contributed by atoms with E-state index in [1.807, 2.05) is 0 Å². The van der Waals surface area contributed by atoms with Crippen molar-refractivity contribution in [1.82, 2.24) is 9.13 Å². The summed E-state index contributed by atoms with van der Waals surface area (Å²) in [7, 11) is 0. The van der Waals surface area contributed by atoms with E-state index in [1.54, 1.807) is 0 Å². The average Bonchev–Trinajstić information content (AvgIpc) is 3.68. The van der Waals surface area contributed by atoms with Gasteiger partial charge in [-0.3, -0.25) is 0 Å².